The summed E-state index contributed by atoms with van der Waals surface area (Å²) in [6.45, 7) is 0.469. The van der Waals surface area contributed by atoms with Gasteiger partial charge in [-0.3, -0.25) is 4.79 Å². The van der Waals surface area contributed by atoms with Gasteiger partial charge in [0.15, 0.2) is 0 Å². The average molecular weight is 377 g/mol. The van der Waals surface area contributed by atoms with E-state index in [-0.39, 0.29) is 31.0 Å². The van der Waals surface area contributed by atoms with Crippen LogP contribution < -0.4 is 5.32 Å². The number of fused-ring (bicyclic) bond motifs is 1. The van der Waals surface area contributed by atoms with Crippen LogP contribution in [0.2, 0.25) is 0 Å². The molecule has 8 heteroatoms. The summed E-state index contributed by atoms with van der Waals surface area (Å²) >= 11 is 0. The second kappa shape index (κ2) is 7.79. The Kier molecular flexibility index (Phi) is 5.46. The SMILES string of the molecule is O=C(NCCc1ccccc1C(F)(F)F)c1ccc2c(c1)ncn2CCO. The Morgan fingerprint density at radius 3 is 2.70 bits per heavy atom. The van der Waals surface area contributed by atoms with E-state index in [2.05, 4.69) is 10.3 Å². The van der Waals surface area contributed by atoms with Crippen LogP contribution in [-0.2, 0) is 19.1 Å². The molecule has 1 aromatic heterocycles. The Morgan fingerprint density at radius 1 is 1.19 bits per heavy atom. The van der Waals surface area contributed by atoms with E-state index in [0.717, 1.165) is 11.6 Å². The zero-order valence-corrected chi connectivity index (χ0v) is 14.3. The topological polar surface area (TPSA) is 67.2 Å². The van der Waals surface area contributed by atoms with Crippen LogP contribution in [0.1, 0.15) is 21.5 Å². The smallest absolute Gasteiger partial charge is 0.395 e. The van der Waals surface area contributed by atoms with Crippen molar-refractivity contribution in [3.63, 3.8) is 0 Å². The van der Waals surface area contributed by atoms with Crippen molar-refractivity contribution in [2.45, 2.75) is 19.1 Å². The Hall–Kier alpha value is -2.87. The fourth-order valence-corrected chi connectivity index (χ4v) is 2.92. The third-order valence-corrected chi connectivity index (χ3v) is 4.23. The molecule has 0 aliphatic rings. The fraction of sp³-hybridized carbons (Fsp3) is 0.263. The summed E-state index contributed by atoms with van der Waals surface area (Å²) in [6, 6.07) is 10.3. The van der Waals surface area contributed by atoms with Crippen molar-refractivity contribution < 1.29 is 23.1 Å². The van der Waals surface area contributed by atoms with Gasteiger partial charge in [0, 0.05) is 18.7 Å². The number of amides is 1. The number of hydrogen-bond acceptors (Lipinski definition) is 3. The van der Waals surface area contributed by atoms with Gasteiger partial charge in [0.1, 0.15) is 0 Å². The normalized spacial score (nSPS) is 11.7. The first-order valence-corrected chi connectivity index (χ1v) is 8.39. The van der Waals surface area contributed by atoms with Gasteiger partial charge in [-0.2, -0.15) is 13.2 Å². The quantitative estimate of drug-likeness (QED) is 0.694. The van der Waals surface area contributed by atoms with Gasteiger partial charge in [-0.1, -0.05) is 18.2 Å². The molecule has 1 heterocycles. The van der Waals surface area contributed by atoms with Gasteiger partial charge < -0.3 is 15.0 Å². The van der Waals surface area contributed by atoms with Gasteiger partial charge in [0.25, 0.3) is 5.91 Å². The molecule has 0 radical (unpaired) electrons. The lowest BCUT2D eigenvalue weighted by Gasteiger charge is -2.13. The standard InChI is InChI=1S/C19H18F3N3O2/c20-19(21,22)15-4-2-1-3-13(15)7-8-23-18(27)14-5-6-17-16(11-14)24-12-25(17)9-10-26/h1-6,11-12,26H,7-10H2,(H,23,27). The number of aromatic nitrogens is 2. The predicted octanol–water partition coefficient (Wildman–Crippen LogP) is 3.02. The van der Waals surface area contributed by atoms with E-state index in [1.807, 2.05) is 0 Å². The van der Waals surface area contributed by atoms with Crippen LogP contribution in [0.3, 0.4) is 0 Å². The largest absolute Gasteiger partial charge is 0.416 e. The summed E-state index contributed by atoms with van der Waals surface area (Å²) in [5.41, 5.74) is 1.23. The minimum atomic E-state index is -4.42. The summed E-state index contributed by atoms with van der Waals surface area (Å²) in [5.74, 6) is -0.377. The molecule has 0 unspecified atom stereocenters. The summed E-state index contributed by atoms with van der Waals surface area (Å²) < 4.78 is 40.7. The first-order valence-electron chi connectivity index (χ1n) is 8.39. The summed E-state index contributed by atoms with van der Waals surface area (Å²) in [5, 5.41) is 11.7. The molecule has 0 spiro atoms. The lowest BCUT2D eigenvalue weighted by Crippen LogP contribution is -2.26. The molecule has 1 amide bonds. The maximum Gasteiger partial charge on any atom is 0.416 e. The van der Waals surface area contributed by atoms with E-state index in [1.54, 1.807) is 35.2 Å². The number of carbonyl (C=O) groups is 1. The minimum absolute atomic E-state index is 0.0207. The molecule has 3 rings (SSSR count). The number of aliphatic hydroxyl groups excluding tert-OH is 1. The molecular formula is C19H18F3N3O2. The number of imidazole rings is 1. The van der Waals surface area contributed by atoms with E-state index in [9.17, 15) is 18.0 Å². The Labute approximate surface area is 153 Å². The molecule has 0 aliphatic heterocycles. The summed E-state index contributed by atoms with van der Waals surface area (Å²) in [4.78, 5) is 16.5. The highest BCUT2D eigenvalue weighted by Crippen LogP contribution is 2.31. The molecule has 0 bridgehead atoms. The minimum Gasteiger partial charge on any atom is -0.395 e. The molecule has 3 aromatic rings. The van der Waals surface area contributed by atoms with Crippen LogP contribution in [0.4, 0.5) is 13.2 Å². The zero-order chi connectivity index (χ0) is 19.4. The number of alkyl halides is 3. The van der Waals surface area contributed by atoms with E-state index in [0.29, 0.717) is 17.6 Å². The number of aliphatic hydroxyl groups is 1. The van der Waals surface area contributed by atoms with Crippen molar-refractivity contribution >= 4 is 16.9 Å². The highest BCUT2D eigenvalue weighted by Gasteiger charge is 2.32. The molecular weight excluding hydrogens is 359 g/mol. The third kappa shape index (κ3) is 4.28. The van der Waals surface area contributed by atoms with Crippen molar-refractivity contribution in [1.29, 1.82) is 0 Å². The maximum absolute atomic E-state index is 13.0. The number of carbonyl (C=O) groups excluding carboxylic acids is 1. The van der Waals surface area contributed by atoms with Crippen LogP contribution in [0.5, 0.6) is 0 Å². The highest BCUT2D eigenvalue weighted by molar-refractivity contribution is 5.97. The maximum atomic E-state index is 13.0. The molecule has 0 atom stereocenters. The monoisotopic (exact) mass is 377 g/mol. The first-order chi connectivity index (χ1) is 12.9. The van der Waals surface area contributed by atoms with Crippen LogP contribution in [-0.4, -0.2) is 33.7 Å². The molecule has 2 N–H and O–H groups in total. The van der Waals surface area contributed by atoms with Crippen LogP contribution in [0.25, 0.3) is 11.0 Å². The molecule has 27 heavy (non-hydrogen) atoms. The molecule has 142 valence electrons. The summed E-state index contributed by atoms with van der Waals surface area (Å²) in [6.07, 6.45) is -2.76. The van der Waals surface area contributed by atoms with Crippen LogP contribution in [0.15, 0.2) is 48.8 Å². The van der Waals surface area contributed by atoms with Crippen molar-refractivity contribution in [1.82, 2.24) is 14.9 Å². The second-order valence-corrected chi connectivity index (χ2v) is 6.03. The van der Waals surface area contributed by atoms with Crippen molar-refractivity contribution in [2.75, 3.05) is 13.2 Å². The number of benzene rings is 2. The van der Waals surface area contributed by atoms with E-state index in [1.165, 1.54) is 12.1 Å². The van der Waals surface area contributed by atoms with Gasteiger partial charge in [0.05, 0.1) is 29.5 Å². The van der Waals surface area contributed by atoms with Gasteiger partial charge in [-0.15, -0.1) is 0 Å². The van der Waals surface area contributed by atoms with Crippen molar-refractivity contribution in [2.24, 2.45) is 0 Å². The van der Waals surface area contributed by atoms with Crippen molar-refractivity contribution in [3.05, 3.63) is 65.5 Å². The predicted molar refractivity (Wildman–Crippen MR) is 94.3 cm³/mol. The van der Waals surface area contributed by atoms with E-state index < -0.39 is 11.7 Å². The number of hydrogen-bond donors (Lipinski definition) is 2. The molecule has 0 saturated carbocycles. The molecule has 2 aromatic carbocycles. The van der Waals surface area contributed by atoms with Gasteiger partial charge in [0.2, 0.25) is 0 Å². The molecule has 0 fully saturated rings. The second-order valence-electron chi connectivity index (χ2n) is 6.03. The number of nitrogens with zero attached hydrogens (tertiary/aromatic N) is 2. The van der Waals surface area contributed by atoms with Gasteiger partial charge >= 0.3 is 6.18 Å². The van der Waals surface area contributed by atoms with Crippen molar-refractivity contribution in [3.8, 4) is 0 Å². The van der Waals surface area contributed by atoms with Crippen LogP contribution >= 0.6 is 0 Å². The van der Waals surface area contributed by atoms with Crippen LogP contribution in [0, 0.1) is 0 Å². The average Bonchev–Trinajstić information content (AvgIpc) is 3.04. The summed E-state index contributed by atoms with van der Waals surface area (Å²) in [7, 11) is 0. The van der Waals surface area contributed by atoms with E-state index in [4.69, 9.17) is 5.11 Å². The number of nitrogens with one attached hydrogen (secondary N) is 1. The Morgan fingerprint density at radius 2 is 1.96 bits per heavy atom. The Balaban J connectivity index is 1.66. The molecule has 0 aliphatic carbocycles. The lowest BCUT2D eigenvalue weighted by molar-refractivity contribution is -0.138. The molecule has 5 nitrogen and oxygen atoms in total. The van der Waals surface area contributed by atoms with Gasteiger partial charge in [-0.05, 0) is 36.2 Å². The fourth-order valence-electron chi connectivity index (χ4n) is 2.92. The lowest BCUT2D eigenvalue weighted by atomic mass is 10.0. The van der Waals surface area contributed by atoms with E-state index >= 15 is 0 Å². The Bertz CT molecular complexity index is 951. The zero-order valence-electron chi connectivity index (χ0n) is 14.3. The number of halogens is 3. The highest BCUT2D eigenvalue weighted by atomic mass is 19.4. The number of rotatable bonds is 6. The first kappa shape index (κ1) is 18.9. The third-order valence-electron chi connectivity index (χ3n) is 4.23. The van der Waals surface area contributed by atoms with Gasteiger partial charge in [-0.25, -0.2) is 4.98 Å². The molecule has 0 saturated heterocycles.